The number of hydrogen-bond donors (Lipinski definition) is 0. The molecular formula is C16H21ClN2O3S. The molecule has 0 N–H and O–H groups in total. The molecule has 2 unspecified atom stereocenters. The summed E-state index contributed by atoms with van der Waals surface area (Å²) in [6.07, 6.45) is 1.24. The van der Waals surface area contributed by atoms with Gasteiger partial charge in [-0.25, -0.2) is 8.42 Å². The molecule has 2 aliphatic rings. The molecule has 1 aromatic rings. The first-order valence-corrected chi connectivity index (χ1v) is 10.4. The van der Waals surface area contributed by atoms with Gasteiger partial charge in [0.15, 0.2) is 0 Å². The van der Waals surface area contributed by atoms with Crippen molar-refractivity contribution in [3.05, 3.63) is 35.9 Å². The second kappa shape index (κ2) is 6.79. The molecule has 2 fully saturated rings. The lowest BCUT2D eigenvalue weighted by Crippen LogP contribution is -2.38. The Morgan fingerprint density at radius 2 is 1.91 bits per heavy atom. The van der Waals surface area contributed by atoms with Crippen LogP contribution in [0, 0.1) is 5.92 Å². The van der Waals surface area contributed by atoms with Gasteiger partial charge in [-0.1, -0.05) is 30.3 Å². The van der Waals surface area contributed by atoms with E-state index in [1.54, 1.807) is 0 Å². The maximum Gasteiger partial charge on any atom is 0.232 e. The topological polar surface area (TPSA) is 57.7 Å². The summed E-state index contributed by atoms with van der Waals surface area (Å²) in [5.41, 5.74) is 1.27. The van der Waals surface area contributed by atoms with E-state index in [1.165, 1.54) is 5.56 Å². The highest BCUT2D eigenvalue weighted by molar-refractivity contribution is 8.13. The average Bonchev–Trinajstić information content (AvgIpc) is 3.05. The number of rotatable bonds is 5. The molecule has 126 valence electrons. The number of hydrogen-bond acceptors (Lipinski definition) is 4. The van der Waals surface area contributed by atoms with Crippen molar-refractivity contribution in [2.75, 3.05) is 25.4 Å². The van der Waals surface area contributed by atoms with Crippen molar-refractivity contribution >= 4 is 25.6 Å². The summed E-state index contributed by atoms with van der Waals surface area (Å²) in [4.78, 5) is 16.4. The van der Waals surface area contributed by atoms with Gasteiger partial charge >= 0.3 is 0 Å². The standard InChI is InChI=1S/C16H21ClN2O3S/c17-23(21,22)12-14-8-16(20)19(10-14)15-6-7-18(11-15)9-13-4-2-1-3-5-13/h1-5,14-15H,6-12H2. The Balaban J connectivity index is 1.55. The molecule has 7 heteroatoms. The second-order valence-electron chi connectivity index (χ2n) is 6.48. The third-order valence-electron chi connectivity index (χ3n) is 4.61. The number of halogens is 1. The number of carbonyl (C=O) groups is 1. The smallest absolute Gasteiger partial charge is 0.232 e. The van der Waals surface area contributed by atoms with Gasteiger partial charge in [-0.05, 0) is 12.0 Å². The molecule has 0 bridgehead atoms. The molecule has 2 atom stereocenters. The Bertz CT molecular complexity index is 665. The monoisotopic (exact) mass is 356 g/mol. The van der Waals surface area contributed by atoms with Crippen LogP contribution >= 0.6 is 10.7 Å². The molecule has 0 radical (unpaired) electrons. The first kappa shape index (κ1) is 16.7. The number of nitrogens with zero attached hydrogens (tertiary/aromatic N) is 2. The fourth-order valence-corrected chi connectivity index (χ4v) is 4.93. The summed E-state index contributed by atoms with van der Waals surface area (Å²) in [6, 6.07) is 10.5. The van der Waals surface area contributed by atoms with Crippen molar-refractivity contribution in [2.45, 2.75) is 25.4 Å². The van der Waals surface area contributed by atoms with Gasteiger partial charge in [-0.15, -0.1) is 0 Å². The maximum absolute atomic E-state index is 12.2. The summed E-state index contributed by atoms with van der Waals surface area (Å²) in [5, 5.41) is 0. The number of likely N-dealkylation sites (tertiary alicyclic amines) is 2. The first-order chi connectivity index (χ1) is 10.9. The predicted molar refractivity (Wildman–Crippen MR) is 89.6 cm³/mol. The van der Waals surface area contributed by atoms with E-state index in [0.717, 1.165) is 26.1 Å². The van der Waals surface area contributed by atoms with Gasteiger partial charge in [0, 0.05) is 55.2 Å². The minimum Gasteiger partial charge on any atom is -0.338 e. The van der Waals surface area contributed by atoms with Crippen LogP contribution in [0.4, 0.5) is 0 Å². The molecule has 0 aliphatic carbocycles. The van der Waals surface area contributed by atoms with Crippen molar-refractivity contribution < 1.29 is 13.2 Å². The molecule has 0 spiro atoms. The fraction of sp³-hybridized carbons (Fsp3) is 0.562. The SMILES string of the molecule is O=C1CC(CS(=O)(=O)Cl)CN1C1CCN(Cc2ccccc2)C1. The van der Waals surface area contributed by atoms with Crippen LogP contribution in [0.3, 0.4) is 0 Å². The highest BCUT2D eigenvalue weighted by Gasteiger charge is 2.38. The lowest BCUT2D eigenvalue weighted by atomic mass is 10.1. The highest BCUT2D eigenvalue weighted by Crippen LogP contribution is 2.27. The minimum atomic E-state index is -3.55. The van der Waals surface area contributed by atoms with Crippen LogP contribution in [0.2, 0.25) is 0 Å². The summed E-state index contributed by atoms with van der Waals surface area (Å²) in [5.74, 6) is -0.230. The largest absolute Gasteiger partial charge is 0.338 e. The summed E-state index contributed by atoms with van der Waals surface area (Å²) in [6.45, 7) is 3.20. The summed E-state index contributed by atoms with van der Waals surface area (Å²) < 4.78 is 22.4. The molecule has 3 rings (SSSR count). The first-order valence-electron chi connectivity index (χ1n) is 7.89. The van der Waals surface area contributed by atoms with Gasteiger partial charge in [0.2, 0.25) is 15.0 Å². The molecule has 1 amide bonds. The van der Waals surface area contributed by atoms with Gasteiger partial charge in [-0.2, -0.15) is 0 Å². The third kappa shape index (κ3) is 4.46. The Morgan fingerprint density at radius 1 is 1.17 bits per heavy atom. The zero-order valence-electron chi connectivity index (χ0n) is 12.9. The van der Waals surface area contributed by atoms with Gasteiger partial charge in [0.25, 0.3) is 0 Å². The van der Waals surface area contributed by atoms with Crippen LogP contribution < -0.4 is 0 Å². The van der Waals surface area contributed by atoms with E-state index in [1.807, 2.05) is 23.1 Å². The van der Waals surface area contributed by atoms with Crippen molar-refractivity contribution in [3.8, 4) is 0 Å². The molecule has 2 aliphatic heterocycles. The number of benzene rings is 1. The Morgan fingerprint density at radius 3 is 2.61 bits per heavy atom. The number of amides is 1. The number of carbonyl (C=O) groups excluding carboxylic acids is 1. The minimum absolute atomic E-state index is 0.0573. The van der Waals surface area contributed by atoms with Gasteiger partial charge in [-0.3, -0.25) is 9.69 Å². The second-order valence-corrected chi connectivity index (χ2v) is 9.31. The van der Waals surface area contributed by atoms with E-state index >= 15 is 0 Å². The fourth-order valence-electron chi connectivity index (χ4n) is 3.61. The van der Waals surface area contributed by atoms with Gasteiger partial charge in [0.05, 0.1) is 5.75 Å². The molecule has 2 heterocycles. The average molecular weight is 357 g/mol. The van der Waals surface area contributed by atoms with Crippen molar-refractivity contribution in [1.82, 2.24) is 9.80 Å². The predicted octanol–water partition coefficient (Wildman–Crippen LogP) is 1.68. The quantitative estimate of drug-likeness (QED) is 0.753. The maximum atomic E-state index is 12.2. The molecule has 23 heavy (non-hydrogen) atoms. The van der Waals surface area contributed by atoms with E-state index < -0.39 is 9.05 Å². The molecular weight excluding hydrogens is 336 g/mol. The van der Waals surface area contributed by atoms with Crippen LogP contribution in [0.25, 0.3) is 0 Å². The molecule has 1 aromatic carbocycles. The van der Waals surface area contributed by atoms with Gasteiger partial charge in [0.1, 0.15) is 0 Å². The van der Waals surface area contributed by atoms with Crippen LogP contribution in [0.1, 0.15) is 18.4 Å². The summed E-state index contributed by atoms with van der Waals surface area (Å²) >= 11 is 0. The van der Waals surface area contributed by atoms with E-state index in [0.29, 0.717) is 13.0 Å². The van der Waals surface area contributed by atoms with E-state index in [2.05, 4.69) is 17.0 Å². The van der Waals surface area contributed by atoms with E-state index in [4.69, 9.17) is 10.7 Å². The highest BCUT2D eigenvalue weighted by atomic mass is 35.7. The Kier molecular flexibility index (Phi) is 4.94. The van der Waals surface area contributed by atoms with Crippen molar-refractivity contribution in [3.63, 3.8) is 0 Å². The van der Waals surface area contributed by atoms with Crippen LogP contribution in [-0.2, 0) is 20.4 Å². The molecule has 2 saturated heterocycles. The van der Waals surface area contributed by atoms with Crippen LogP contribution in [-0.4, -0.2) is 55.6 Å². The molecule has 0 aromatic heterocycles. The Hall–Kier alpha value is -1.11. The lowest BCUT2D eigenvalue weighted by Gasteiger charge is -2.25. The van der Waals surface area contributed by atoms with Crippen LogP contribution in [0.5, 0.6) is 0 Å². The lowest BCUT2D eigenvalue weighted by molar-refractivity contribution is -0.129. The van der Waals surface area contributed by atoms with Crippen molar-refractivity contribution in [2.24, 2.45) is 5.92 Å². The van der Waals surface area contributed by atoms with Crippen molar-refractivity contribution in [1.29, 1.82) is 0 Å². The van der Waals surface area contributed by atoms with Crippen LogP contribution in [0.15, 0.2) is 30.3 Å². The molecule has 5 nitrogen and oxygen atoms in total. The normalized spacial score (nSPS) is 26.1. The van der Waals surface area contributed by atoms with E-state index in [-0.39, 0.29) is 23.6 Å². The summed E-state index contributed by atoms with van der Waals surface area (Å²) in [7, 11) is 1.77. The zero-order chi connectivity index (χ0) is 16.4. The van der Waals surface area contributed by atoms with Gasteiger partial charge < -0.3 is 4.90 Å². The zero-order valence-corrected chi connectivity index (χ0v) is 14.5. The third-order valence-corrected chi connectivity index (χ3v) is 5.86. The molecule has 0 saturated carbocycles. The Labute approximate surface area is 141 Å². The van der Waals surface area contributed by atoms with E-state index in [9.17, 15) is 13.2 Å².